The van der Waals surface area contributed by atoms with Crippen LogP contribution in [0.5, 0.6) is 0 Å². The van der Waals surface area contributed by atoms with E-state index in [9.17, 15) is 19.8 Å². The summed E-state index contributed by atoms with van der Waals surface area (Å²) in [5, 5.41) is 18.4. The van der Waals surface area contributed by atoms with Gasteiger partial charge in [-0.3, -0.25) is 9.59 Å². The number of carboxylic acid groups (broad SMARTS) is 2. The number of hydrogen-bond donors (Lipinski definition) is 2. The molecule has 104 valence electrons. The van der Waals surface area contributed by atoms with Crippen LogP contribution in [-0.2, 0) is 9.59 Å². The number of hydrogen-bond acceptors (Lipinski definition) is 2. The molecule has 0 heterocycles. The first-order valence-corrected chi connectivity index (χ1v) is 6.36. The van der Waals surface area contributed by atoms with E-state index >= 15 is 0 Å². The monoisotopic (exact) mass is 270 g/mol. The molecule has 0 atom stereocenters. The van der Waals surface area contributed by atoms with E-state index in [-0.39, 0.29) is 32.3 Å². The SMILES string of the molecule is CCCCCCCC(C(=O)O)(C(=O)O)C(C)C.[H-].[H-].[Mg+2]. The predicted molar refractivity (Wildman–Crippen MR) is 73.9 cm³/mol. The second-order valence-electron chi connectivity index (χ2n) is 4.90. The van der Waals surface area contributed by atoms with Crippen LogP contribution < -0.4 is 0 Å². The summed E-state index contributed by atoms with van der Waals surface area (Å²) in [5.41, 5.74) is -1.62. The van der Waals surface area contributed by atoms with E-state index < -0.39 is 23.3 Å². The zero-order valence-electron chi connectivity index (χ0n) is 13.7. The molecule has 0 fully saturated rings. The molecule has 0 aliphatic heterocycles. The fraction of sp³-hybridized carbons (Fsp3) is 0.846. The zero-order chi connectivity index (χ0) is 13.5. The van der Waals surface area contributed by atoms with Gasteiger partial charge in [-0.25, -0.2) is 0 Å². The van der Waals surface area contributed by atoms with Crippen molar-refractivity contribution >= 4 is 35.0 Å². The van der Waals surface area contributed by atoms with Crippen LogP contribution in [0.15, 0.2) is 0 Å². The van der Waals surface area contributed by atoms with Crippen LogP contribution in [0.25, 0.3) is 0 Å². The Balaban J connectivity index is -0.000000427. The Labute approximate surface area is 128 Å². The molecule has 0 saturated heterocycles. The van der Waals surface area contributed by atoms with Crippen LogP contribution in [0, 0.1) is 11.3 Å². The first-order chi connectivity index (χ1) is 7.89. The predicted octanol–water partition coefficient (Wildman–Crippen LogP) is 3.00. The maximum Gasteiger partial charge on any atom is 2.00 e. The van der Waals surface area contributed by atoms with Crippen molar-refractivity contribution in [3.63, 3.8) is 0 Å². The van der Waals surface area contributed by atoms with Gasteiger partial charge < -0.3 is 13.1 Å². The Morgan fingerprint density at radius 3 is 1.83 bits per heavy atom. The van der Waals surface area contributed by atoms with E-state index in [0.29, 0.717) is 6.42 Å². The Hall–Kier alpha value is -0.294. The topological polar surface area (TPSA) is 74.6 Å². The second-order valence-corrected chi connectivity index (χ2v) is 4.90. The molecule has 4 nitrogen and oxygen atoms in total. The van der Waals surface area contributed by atoms with Crippen LogP contribution in [0.1, 0.15) is 62.1 Å². The fourth-order valence-corrected chi connectivity index (χ4v) is 2.10. The minimum Gasteiger partial charge on any atom is -1.00 e. The van der Waals surface area contributed by atoms with Gasteiger partial charge in [-0.15, -0.1) is 0 Å². The Morgan fingerprint density at radius 1 is 1.06 bits per heavy atom. The first kappa shape index (κ1) is 20.0. The molecule has 0 bridgehead atoms. The molecule has 18 heavy (non-hydrogen) atoms. The largest absolute Gasteiger partial charge is 2.00 e. The molecule has 0 unspecified atom stereocenters. The molecule has 0 aromatic heterocycles. The van der Waals surface area contributed by atoms with Crippen molar-refractivity contribution in [3.8, 4) is 0 Å². The van der Waals surface area contributed by atoms with E-state index in [1.165, 1.54) is 0 Å². The average Bonchev–Trinajstić information content (AvgIpc) is 2.21. The third-order valence-corrected chi connectivity index (χ3v) is 3.42. The van der Waals surface area contributed by atoms with Gasteiger partial charge in [0.1, 0.15) is 0 Å². The van der Waals surface area contributed by atoms with Gasteiger partial charge in [0, 0.05) is 0 Å². The van der Waals surface area contributed by atoms with E-state index in [0.717, 1.165) is 25.7 Å². The minimum atomic E-state index is -1.62. The summed E-state index contributed by atoms with van der Waals surface area (Å²) in [6.45, 7) is 5.43. The summed E-state index contributed by atoms with van der Waals surface area (Å²) in [4.78, 5) is 22.5. The molecule has 0 aromatic rings. The zero-order valence-corrected chi connectivity index (χ0v) is 13.2. The molecule has 0 aliphatic rings. The molecule has 0 rings (SSSR count). The van der Waals surface area contributed by atoms with Crippen LogP contribution in [0.4, 0.5) is 0 Å². The molecular formula is C13H26MgO4. The third kappa shape index (κ3) is 5.14. The van der Waals surface area contributed by atoms with Crippen molar-refractivity contribution < 1.29 is 22.7 Å². The molecular weight excluding hydrogens is 244 g/mol. The molecule has 0 spiro atoms. The van der Waals surface area contributed by atoms with Crippen LogP contribution >= 0.6 is 0 Å². The van der Waals surface area contributed by atoms with E-state index in [2.05, 4.69) is 6.92 Å². The second kappa shape index (κ2) is 9.61. The summed E-state index contributed by atoms with van der Waals surface area (Å²) < 4.78 is 0. The molecule has 5 heteroatoms. The Morgan fingerprint density at radius 2 is 1.50 bits per heavy atom. The van der Waals surface area contributed by atoms with E-state index in [1.807, 2.05) is 0 Å². The summed E-state index contributed by atoms with van der Waals surface area (Å²) in [5.74, 6) is -2.82. The number of aliphatic carboxylic acids is 2. The molecule has 0 aromatic carbocycles. The number of unbranched alkanes of at least 4 members (excludes halogenated alkanes) is 4. The Kier molecular flexibility index (Phi) is 10.7. The van der Waals surface area contributed by atoms with Gasteiger partial charge >= 0.3 is 35.0 Å². The minimum absolute atomic E-state index is 0. The van der Waals surface area contributed by atoms with Gasteiger partial charge in [-0.05, 0) is 12.3 Å². The molecule has 0 radical (unpaired) electrons. The van der Waals surface area contributed by atoms with Gasteiger partial charge in [0.25, 0.3) is 0 Å². The Bertz CT molecular complexity index is 259. The van der Waals surface area contributed by atoms with Gasteiger partial charge in [-0.1, -0.05) is 52.9 Å². The van der Waals surface area contributed by atoms with Crippen molar-refractivity contribution in [2.75, 3.05) is 0 Å². The van der Waals surface area contributed by atoms with Crippen LogP contribution in [0.2, 0.25) is 0 Å². The van der Waals surface area contributed by atoms with E-state index in [1.54, 1.807) is 13.8 Å². The molecule has 0 amide bonds. The summed E-state index contributed by atoms with van der Waals surface area (Å²) >= 11 is 0. The third-order valence-electron chi connectivity index (χ3n) is 3.42. The quantitative estimate of drug-likeness (QED) is 0.384. The van der Waals surface area contributed by atoms with Crippen LogP contribution in [-0.4, -0.2) is 45.2 Å². The molecule has 0 aliphatic carbocycles. The smallest absolute Gasteiger partial charge is 1.00 e. The molecule has 2 N–H and O–H groups in total. The fourth-order valence-electron chi connectivity index (χ4n) is 2.10. The number of carbonyl (C=O) groups is 2. The maximum absolute atomic E-state index is 11.2. The van der Waals surface area contributed by atoms with Crippen LogP contribution in [0.3, 0.4) is 0 Å². The van der Waals surface area contributed by atoms with Gasteiger partial charge in [0.2, 0.25) is 0 Å². The van der Waals surface area contributed by atoms with Gasteiger partial charge in [-0.2, -0.15) is 0 Å². The van der Waals surface area contributed by atoms with Crippen molar-refractivity contribution in [1.82, 2.24) is 0 Å². The average molecular weight is 271 g/mol. The summed E-state index contributed by atoms with van der Waals surface area (Å²) in [6.07, 6.45) is 5.07. The number of carboxylic acids is 2. The summed E-state index contributed by atoms with van der Waals surface area (Å²) in [7, 11) is 0. The van der Waals surface area contributed by atoms with Gasteiger partial charge in [0.05, 0.1) is 0 Å². The van der Waals surface area contributed by atoms with E-state index in [4.69, 9.17) is 0 Å². The van der Waals surface area contributed by atoms with Crippen molar-refractivity contribution in [3.05, 3.63) is 0 Å². The summed E-state index contributed by atoms with van der Waals surface area (Å²) in [6, 6.07) is 0. The van der Waals surface area contributed by atoms with Crippen molar-refractivity contribution in [2.45, 2.75) is 59.3 Å². The first-order valence-electron chi connectivity index (χ1n) is 6.36. The van der Waals surface area contributed by atoms with Gasteiger partial charge in [0.15, 0.2) is 5.41 Å². The van der Waals surface area contributed by atoms with Crippen molar-refractivity contribution in [1.29, 1.82) is 0 Å². The normalized spacial score (nSPS) is 11.1. The standard InChI is InChI=1S/C13H24O4.Mg.2H/c1-4-5-6-7-8-9-13(10(2)3,11(14)15)12(16)17;;;/h10H,4-9H2,1-3H3,(H,14,15)(H,16,17);;;/q;+2;2*-1. The van der Waals surface area contributed by atoms with Crippen molar-refractivity contribution in [2.24, 2.45) is 11.3 Å². The maximum atomic E-state index is 11.2. The number of rotatable bonds is 9. The molecule has 0 saturated carbocycles.